The van der Waals surface area contributed by atoms with E-state index in [0.717, 1.165) is 36.3 Å². The van der Waals surface area contributed by atoms with Crippen molar-refractivity contribution in [3.05, 3.63) is 95.6 Å². The van der Waals surface area contributed by atoms with Gasteiger partial charge in [-0.25, -0.2) is 0 Å². The van der Waals surface area contributed by atoms with E-state index in [4.69, 9.17) is 4.74 Å². The van der Waals surface area contributed by atoms with Gasteiger partial charge in [0.25, 0.3) is 0 Å². The molecule has 3 aromatic rings. The van der Waals surface area contributed by atoms with Crippen molar-refractivity contribution in [3.63, 3.8) is 0 Å². The molecule has 0 aliphatic rings. The van der Waals surface area contributed by atoms with Crippen molar-refractivity contribution in [2.45, 2.75) is 46.0 Å². The molecule has 0 radical (unpaired) electrons. The summed E-state index contributed by atoms with van der Waals surface area (Å²) in [6, 6.07) is 26.4. The number of anilines is 1. The Labute approximate surface area is 186 Å². The zero-order chi connectivity index (χ0) is 22.1. The topological polar surface area (TPSA) is 38.3 Å². The average molecular weight is 416 g/mol. The van der Waals surface area contributed by atoms with Gasteiger partial charge in [-0.3, -0.25) is 4.79 Å². The number of carbonyl (C=O) groups is 1. The fourth-order valence-electron chi connectivity index (χ4n) is 3.56. The molecular formula is C28H33NO2. The second kappa shape index (κ2) is 11.4. The zero-order valence-corrected chi connectivity index (χ0v) is 18.8. The quantitative estimate of drug-likeness (QED) is 0.377. The Morgan fingerprint density at radius 2 is 1.52 bits per heavy atom. The lowest BCUT2D eigenvalue weighted by atomic mass is 9.96. The summed E-state index contributed by atoms with van der Waals surface area (Å²) in [4.78, 5) is 12.7. The Hall–Kier alpha value is -3.07. The third-order valence-corrected chi connectivity index (χ3v) is 5.36. The van der Waals surface area contributed by atoms with Crippen LogP contribution >= 0.6 is 0 Å². The molecule has 1 unspecified atom stereocenters. The van der Waals surface area contributed by atoms with E-state index in [0.29, 0.717) is 12.5 Å². The molecule has 0 aliphatic heterocycles. The molecule has 162 valence electrons. The predicted molar refractivity (Wildman–Crippen MR) is 129 cm³/mol. The minimum atomic E-state index is -0.206. The van der Waals surface area contributed by atoms with E-state index in [1.54, 1.807) is 0 Å². The Morgan fingerprint density at radius 1 is 0.839 bits per heavy atom. The fourth-order valence-corrected chi connectivity index (χ4v) is 3.56. The van der Waals surface area contributed by atoms with Crippen LogP contribution in [0.4, 0.5) is 5.69 Å². The van der Waals surface area contributed by atoms with Crippen molar-refractivity contribution in [3.8, 4) is 5.75 Å². The molecule has 3 nitrogen and oxygen atoms in total. The van der Waals surface area contributed by atoms with E-state index in [-0.39, 0.29) is 11.8 Å². The number of hydrogen-bond donors (Lipinski definition) is 1. The molecule has 3 aromatic carbocycles. The molecule has 1 amide bonds. The highest BCUT2D eigenvalue weighted by Gasteiger charge is 2.15. The van der Waals surface area contributed by atoms with Gasteiger partial charge in [-0.15, -0.1) is 0 Å². The largest absolute Gasteiger partial charge is 0.494 e. The molecule has 1 atom stereocenters. The third kappa shape index (κ3) is 7.29. The highest BCUT2D eigenvalue weighted by Crippen LogP contribution is 2.21. The second-order valence-corrected chi connectivity index (χ2v) is 8.51. The van der Waals surface area contributed by atoms with Crippen molar-refractivity contribution < 1.29 is 9.53 Å². The molecule has 0 saturated carbocycles. The van der Waals surface area contributed by atoms with Crippen LogP contribution < -0.4 is 10.1 Å². The second-order valence-electron chi connectivity index (χ2n) is 8.51. The minimum Gasteiger partial charge on any atom is -0.494 e. The van der Waals surface area contributed by atoms with Gasteiger partial charge in [-0.05, 0) is 73.1 Å². The van der Waals surface area contributed by atoms with E-state index < -0.39 is 0 Å². The van der Waals surface area contributed by atoms with Gasteiger partial charge in [0.05, 0.1) is 12.5 Å². The summed E-state index contributed by atoms with van der Waals surface area (Å²) in [6.45, 7) is 7.04. The molecule has 0 bridgehead atoms. The van der Waals surface area contributed by atoms with Crippen LogP contribution in [0.5, 0.6) is 5.75 Å². The van der Waals surface area contributed by atoms with E-state index in [1.165, 1.54) is 11.1 Å². The van der Waals surface area contributed by atoms with Crippen molar-refractivity contribution in [2.24, 2.45) is 5.92 Å². The van der Waals surface area contributed by atoms with E-state index >= 15 is 0 Å². The standard InChI is InChI=1S/C28H33NO2/c1-21(2)20-24-11-13-25(14-12-24)22(3)28(30)29-26-15-17-27(18-16-26)31-19-7-10-23-8-5-4-6-9-23/h4-6,8-9,11-18,21-22H,7,10,19-20H2,1-3H3,(H,29,30). The van der Waals surface area contributed by atoms with Crippen molar-refractivity contribution in [2.75, 3.05) is 11.9 Å². The summed E-state index contributed by atoms with van der Waals surface area (Å²) in [5.41, 5.74) is 4.45. The van der Waals surface area contributed by atoms with Crippen LogP contribution in [-0.2, 0) is 17.6 Å². The summed E-state index contributed by atoms with van der Waals surface area (Å²) in [5.74, 6) is 1.23. The highest BCUT2D eigenvalue weighted by molar-refractivity contribution is 5.95. The third-order valence-electron chi connectivity index (χ3n) is 5.36. The monoisotopic (exact) mass is 415 g/mol. The molecule has 0 aromatic heterocycles. The number of hydrogen-bond acceptors (Lipinski definition) is 2. The van der Waals surface area contributed by atoms with Gasteiger partial charge in [-0.1, -0.05) is 68.4 Å². The van der Waals surface area contributed by atoms with Gasteiger partial charge >= 0.3 is 0 Å². The number of ether oxygens (including phenoxy) is 1. The Bertz CT molecular complexity index is 931. The van der Waals surface area contributed by atoms with Gasteiger partial charge in [-0.2, -0.15) is 0 Å². The van der Waals surface area contributed by atoms with E-state index in [2.05, 4.69) is 67.7 Å². The van der Waals surface area contributed by atoms with Crippen molar-refractivity contribution in [1.29, 1.82) is 0 Å². The normalized spacial score (nSPS) is 11.9. The number of benzene rings is 3. The number of rotatable bonds is 10. The first-order chi connectivity index (χ1) is 15.0. The van der Waals surface area contributed by atoms with E-state index in [1.807, 2.05) is 37.3 Å². The molecule has 0 fully saturated rings. The van der Waals surface area contributed by atoms with Crippen LogP contribution in [0, 0.1) is 5.92 Å². The Balaban J connectivity index is 1.45. The van der Waals surface area contributed by atoms with E-state index in [9.17, 15) is 4.79 Å². The minimum absolute atomic E-state index is 0.00635. The fraction of sp³-hybridized carbons (Fsp3) is 0.321. The maximum Gasteiger partial charge on any atom is 0.231 e. The lowest BCUT2D eigenvalue weighted by Gasteiger charge is -2.14. The molecule has 0 saturated heterocycles. The molecule has 0 aliphatic carbocycles. The average Bonchev–Trinajstić information content (AvgIpc) is 2.78. The van der Waals surface area contributed by atoms with Gasteiger partial charge in [0.2, 0.25) is 5.91 Å². The van der Waals surface area contributed by atoms with Crippen LogP contribution in [0.15, 0.2) is 78.9 Å². The van der Waals surface area contributed by atoms with Crippen LogP contribution in [-0.4, -0.2) is 12.5 Å². The maximum absolute atomic E-state index is 12.7. The van der Waals surface area contributed by atoms with Crippen LogP contribution in [0.3, 0.4) is 0 Å². The summed E-state index contributed by atoms with van der Waals surface area (Å²) in [7, 11) is 0. The SMILES string of the molecule is CC(C)Cc1ccc(C(C)C(=O)Nc2ccc(OCCCc3ccccc3)cc2)cc1. The number of nitrogens with one attached hydrogen (secondary N) is 1. The Morgan fingerprint density at radius 3 is 2.16 bits per heavy atom. The van der Waals surface area contributed by atoms with Crippen molar-refractivity contribution in [1.82, 2.24) is 0 Å². The van der Waals surface area contributed by atoms with Gasteiger partial charge in [0, 0.05) is 5.69 Å². The van der Waals surface area contributed by atoms with Gasteiger partial charge < -0.3 is 10.1 Å². The Kier molecular flexibility index (Phi) is 8.28. The number of aryl methyl sites for hydroxylation is 1. The number of carbonyl (C=O) groups excluding carboxylic acids is 1. The van der Waals surface area contributed by atoms with Gasteiger partial charge in [0.15, 0.2) is 0 Å². The van der Waals surface area contributed by atoms with Crippen molar-refractivity contribution >= 4 is 11.6 Å². The smallest absolute Gasteiger partial charge is 0.231 e. The molecule has 3 heteroatoms. The highest BCUT2D eigenvalue weighted by atomic mass is 16.5. The van der Waals surface area contributed by atoms with Crippen LogP contribution in [0.1, 0.15) is 49.8 Å². The summed E-state index contributed by atoms with van der Waals surface area (Å²) in [6.07, 6.45) is 3.03. The predicted octanol–water partition coefficient (Wildman–Crippen LogP) is 6.64. The first kappa shape index (κ1) is 22.6. The summed E-state index contributed by atoms with van der Waals surface area (Å²) < 4.78 is 5.83. The molecule has 3 rings (SSSR count). The zero-order valence-electron chi connectivity index (χ0n) is 18.8. The lowest BCUT2D eigenvalue weighted by molar-refractivity contribution is -0.117. The maximum atomic E-state index is 12.7. The molecule has 0 spiro atoms. The number of amides is 1. The molecule has 1 N–H and O–H groups in total. The molecule has 0 heterocycles. The molecular weight excluding hydrogens is 382 g/mol. The van der Waals surface area contributed by atoms with Crippen LogP contribution in [0.2, 0.25) is 0 Å². The lowest BCUT2D eigenvalue weighted by Crippen LogP contribution is -2.18. The summed E-state index contributed by atoms with van der Waals surface area (Å²) in [5, 5.41) is 3.01. The first-order valence-electron chi connectivity index (χ1n) is 11.2. The summed E-state index contributed by atoms with van der Waals surface area (Å²) >= 11 is 0. The van der Waals surface area contributed by atoms with Crippen LogP contribution in [0.25, 0.3) is 0 Å². The van der Waals surface area contributed by atoms with Gasteiger partial charge in [0.1, 0.15) is 5.75 Å². The first-order valence-corrected chi connectivity index (χ1v) is 11.2. The molecule has 31 heavy (non-hydrogen) atoms.